The number of rotatable bonds is 2. The van der Waals surface area contributed by atoms with Crippen LogP contribution in [-0.4, -0.2) is 24.4 Å². The Kier molecular flexibility index (Phi) is 10.5. The van der Waals surface area contributed by atoms with E-state index < -0.39 is 0 Å². The molecule has 0 aromatic carbocycles. The van der Waals surface area contributed by atoms with E-state index in [0.717, 1.165) is 32.2 Å². The summed E-state index contributed by atoms with van der Waals surface area (Å²) in [6, 6.07) is 0.136. The summed E-state index contributed by atoms with van der Waals surface area (Å²) in [6.45, 7) is 2.96. The summed E-state index contributed by atoms with van der Waals surface area (Å²) < 4.78 is 0. The van der Waals surface area contributed by atoms with Crippen LogP contribution in [0, 0.1) is 5.92 Å². The van der Waals surface area contributed by atoms with Gasteiger partial charge in [-0.3, -0.25) is 9.59 Å². The number of amides is 2. The topological polar surface area (TPSA) is 58.2 Å². The van der Waals surface area contributed by atoms with Crippen molar-refractivity contribution in [2.75, 3.05) is 6.54 Å². The van der Waals surface area contributed by atoms with Crippen LogP contribution in [0.5, 0.6) is 0 Å². The Labute approximate surface area is 165 Å². The molecule has 2 fully saturated rings. The first kappa shape index (κ1) is 22.0. The number of nitrogens with one attached hydrogen (secondary N) is 2. The van der Waals surface area contributed by atoms with Gasteiger partial charge in [-0.1, -0.05) is 69.4 Å². The molecule has 2 aliphatic rings. The van der Waals surface area contributed by atoms with E-state index in [4.69, 9.17) is 0 Å². The highest BCUT2D eigenvalue weighted by atomic mass is 16.2. The lowest BCUT2D eigenvalue weighted by Crippen LogP contribution is -2.36. The summed E-state index contributed by atoms with van der Waals surface area (Å²) in [4.78, 5) is 24.5. The Balaban J connectivity index is 2.01. The zero-order chi connectivity index (χ0) is 19.3. The molecule has 0 aromatic heterocycles. The summed E-state index contributed by atoms with van der Waals surface area (Å²) in [6.07, 6.45) is 18.8. The Morgan fingerprint density at radius 3 is 2.22 bits per heavy atom. The lowest BCUT2D eigenvalue weighted by molar-refractivity contribution is -0.122. The molecule has 27 heavy (non-hydrogen) atoms. The van der Waals surface area contributed by atoms with Crippen molar-refractivity contribution < 1.29 is 9.59 Å². The fourth-order valence-electron chi connectivity index (χ4n) is 4.35. The minimum atomic E-state index is 0.136. The number of hydrogen-bond acceptors (Lipinski definition) is 2. The molecule has 2 saturated heterocycles. The molecular formula is C23H40N2O2. The van der Waals surface area contributed by atoms with Crippen molar-refractivity contribution >= 4 is 11.8 Å². The molecule has 2 heterocycles. The first-order valence-corrected chi connectivity index (χ1v) is 11.4. The average Bonchev–Trinajstić information content (AvgIpc) is 2.71. The summed E-state index contributed by atoms with van der Waals surface area (Å²) in [5.74, 6) is 0.658. The molecule has 154 valence electrons. The SMILES string of the molecule is C/C(=C\C1CCCCCCCNC(=O)C1)C1CCCCCCCCC(=O)N1. The van der Waals surface area contributed by atoms with Crippen LogP contribution in [0.2, 0.25) is 0 Å². The minimum absolute atomic E-state index is 0.136. The molecule has 2 aliphatic heterocycles. The molecule has 4 heteroatoms. The van der Waals surface area contributed by atoms with E-state index in [1.54, 1.807) is 0 Å². The summed E-state index contributed by atoms with van der Waals surface area (Å²) in [5, 5.41) is 6.34. The molecular weight excluding hydrogens is 336 g/mol. The molecule has 0 radical (unpaired) electrons. The van der Waals surface area contributed by atoms with Crippen LogP contribution in [-0.2, 0) is 9.59 Å². The quantitative estimate of drug-likeness (QED) is 0.664. The van der Waals surface area contributed by atoms with E-state index in [0.29, 0.717) is 12.8 Å². The summed E-state index contributed by atoms with van der Waals surface area (Å²) >= 11 is 0. The van der Waals surface area contributed by atoms with Gasteiger partial charge in [-0.05, 0) is 38.5 Å². The molecule has 4 nitrogen and oxygen atoms in total. The van der Waals surface area contributed by atoms with Crippen molar-refractivity contribution in [1.82, 2.24) is 10.6 Å². The third-order valence-electron chi connectivity index (χ3n) is 6.05. The third-order valence-corrected chi connectivity index (χ3v) is 6.05. The average molecular weight is 377 g/mol. The van der Waals surface area contributed by atoms with Gasteiger partial charge in [0.1, 0.15) is 0 Å². The van der Waals surface area contributed by atoms with Crippen LogP contribution in [0.15, 0.2) is 11.6 Å². The fraction of sp³-hybridized carbons (Fsp3) is 0.826. The molecule has 0 bridgehead atoms. The lowest BCUT2D eigenvalue weighted by Gasteiger charge is -2.22. The van der Waals surface area contributed by atoms with E-state index in [2.05, 4.69) is 23.6 Å². The number of allylic oxidation sites excluding steroid dienone is 1. The fourth-order valence-corrected chi connectivity index (χ4v) is 4.35. The zero-order valence-electron chi connectivity index (χ0n) is 17.4. The van der Waals surface area contributed by atoms with E-state index >= 15 is 0 Å². The summed E-state index contributed by atoms with van der Waals surface area (Å²) in [7, 11) is 0. The van der Waals surface area contributed by atoms with Gasteiger partial charge in [0.15, 0.2) is 0 Å². The number of hydrogen-bond donors (Lipinski definition) is 2. The van der Waals surface area contributed by atoms with E-state index in [1.807, 2.05) is 0 Å². The normalized spacial score (nSPS) is 28.3. The number of carbonyl (C=O) groups excluding carboxylic acids is 2. The Morgan fingerprint density at radius 2 is 1.44 bits per heavy atom. The highest BCUT2D eigenvalue weighted by Crippen LogP contribution is 2.22. The second-order valence-electron chi connectivity index (χ2n) is 8.56. The molecule has 0 saturated carbocycles. The van der Waals surface area contributed by atoms with Crippen LogP contribution in [0.1, 0.15) is 103 Å². The van der Waals surface area contributed by atoms with Gasteiger partial charge in [-0.25, -0.2) is 0 Å². The van der Waals surface area contributed by atoms with Gasteiger partial charge in [0.2, 0.25) is 11.8 Å². The van der Waals surface area contributed by atoms with Gasteiger partial charge in [0.05, 0.1) is 0 Å². The van der Waals surface area contributed by atoms with E-state index in [9.17, 15) is 9.59 Å². The molecule has 0 aliphatic carbocycles. The first-order valence-electron chi connectivity index (χ1n) is 11.4. The Hall–Kier alpha value is -1.32. The second kappa shape index (κ2) is 13.0. The van der Waals surface area contributed by atoms with E-state index in [1.165, 1.54) is 63.4 Å². The zero-order valence-corrected chi connectivity index (χ0v) is 17.4. The largest absolute Gasteiger partial charge is 0.356 e. The smallest absolute Gasteiger partial charge is 0.220 e. The maximum absolute atomic E-state index is 12.3. The summed E-state index contributed by atoms with van der Waals surface area (Å²) in [5.41, 5.74) is 1.25. The highest BCUT2D eigenvalue weighted by Gasteiger charge is 2.18. The van der Waals surface area contributed by atoms with Crippen molar-refractivity contribution in [1.29, 1.82) is 0 Å². The molecule has 0 aromatic rings. The molecule has 2 unspecified atom stereocenters. The van der Waals surface area contributed by atoms with Gasteiger partial charge in [0.25, 0.3) is 0 Å². The van der Waals surface area contributed by atoms with Gasteiger partial charge >= 0.3 is 0 Å². The van der Waals surface area contributed by atoms with Gasteiger partial charge in [0, 0.05) is 25.4 Å². The monoisotopic (exact) mass is 376 g/mol. The molecule has 2 N–H and O–H groups in total. The van der Waals surface area contributed by atoms with Crippen molar-refractivity contribution in [2.45, 2.75) is 109 Å². The lowest BCUT2D eigenvalue weighted by atomic mass is 9.91. The molecule has 2 amide bonds. The van der Waals surface area contributed by atoms with E-state index in [-0.39, 0.29) is 23.8 Å². The minimum Gasteiger partial charge on any atom is -0.356 e. The van der Waals surface area contributed by atoms with Crippen LogP contribution >= 0.6 is 0 Å². The van der Waals surface area contributed by atoms with Crippen LogP contribution < -0.4 is 10.6 Å². The molecule has 0 spiro atoms. The Morgan fingerprint density at radius 1 is 0.815 bits per heavy atom. The molecule has 2 atom stereocenters. The van der Waals surface area contributed by atoms with Crippen molar-refractivity contribution in [2.24, 2.45) is 5.92 Å². The predicted octanol–water partition coefficient (Wildman–Crippen LogP) is 5.03. The van der Waals surface area contributed by atoms with Crippen molar-refractivity contribution in [3.63, 3.8) is 0 Å². The number of carbonyl (C=O) groups is 2. The van der Waals surface area contributed by atoms with Gasteiger partial charge < -0.3 is 10.6 Å². The maximum Gasteiger partial charge on any atom is 0.220 e. The van der Waals surface area contributed by atoms with Crippen molar-refractivity contribution in [3.05, 3.63) is 11.6 Å². The second-order valence-corrected chi connectivity index (χ2v) is 8.56. The Bertz CT molecular complexity index is 487. The first-order chi connectivity index (χ1) is 13.1. The van der Waals surface area contributed by atoms with Gasteiger partial charge in [-0.15, -0.1) is 0 Å². The van der Waals surface area contributed by atoms with Gasteiger partial charge in [-0.2, -0.15) is 0 Å². The van der Waals surface area contributed by atoms with Crippen LogP contribution in [0.3, 0.4) is 0 Å². The van der Waals surface area contributed by atoms with Crippen LogP contribution in [0.4, 0.5) is 0 Å². The van der Waals surface area contributed by atoms with Crippen molar-refractivity contribution in [3.8, 4) is 0 Å². The highest BCUT2D eigenvalue weighted by molar-refractivity contribution is 5.77. The molecule has 2 rings (SSSR count). The standard InChI is InChI=1S/C23H40N2O2/c1-19(21-14-10-6-2-3-7-11-15-22(26)25-21)17-20-13-9-5-4-8-12-16-24-23(27)18-20/h17,20-21H,2-16,18H2,1H3,(H,24,27)(H,25,26)/b19-17+. The van der Waals surface area contributed by atoms with Crippen LogP contribution in [0.25, 0.3) is 0 Å². The maximum atomic E-state index is 12.3. The third kappa shape index (κ3) is 9.44. The predicted molar refractivity (Wildman–Crippen MR) is 111 cm³/mol.